The standard InChI is InChI=1S/C7H14Cl2NO3P/c1-5(14(11,12)13)7(4-10(8)9)6-2-3-6/h5-7H,2-4H2,1H3,(H2,11,12,13). The Balaban J connectivity index is 2.62. The predicted octanol–water partition coefficient (Wildman–Crippen LogP) is 2.19. The Hall–Kier alpha value is 0.690. The first-order valence-electron chi connectivity index (χ1n) is 4.46. The van der Waals surface area contributed by atoms with Gasteiger partial charge < -0.3 is 9.79 Å². The van der Waals surface area contributed by atoms with Crippen molar-refractivity contribution in [1.82, 2.24) is 3.94 Å². The summed E-state index contributed by atoms with van der Waals surface area (Å²) < 4.78 is 12.0. The number of nitrogens with zero attached hydrogens (tertiary/aromatic N) is 1. The van der Waals surface area contributed by atoms with Gasteiger partial charge in [-0.15, -0.1) is 3.94 Å². The van der Waals surface area contributed by atoms with Crippen LogP contribution in [0.3, 0.4) is 0 Å². The van der Waals surface area contributed by atoms with E-state index < -0.39 is 13.3 Å². The average Bonchev–Trinajstić information content (AvgIpc) is 2.79. The van der Waals surface area contributed by atoms with E-state index >= 15 is 0 Å². The first-order chi connectivity index (χ1) is 6.32. The van der Waals surface area contributed by atoms with E-state index in [9.17, 15) is 4.57 Å². The quantitative estimate of drug-likeness (QED) is 0.589. The molecule has 1 fully saturated rings. The van der Waals surface area contributed by atoms with Gasteiger partial charge in [0.15, 0.2) is 0 Å². The highest BCUT2D eigenvalue weighted by atomic mass is 35.5. The third-order valence-electron chi connectivity index (χ3n) is 2.73. The zero-order valence-corrected chi connectivity index (χ0v) is 10.2. The van der Waals surface area contributed by atoms with Gasteiger partial charge in [-0.3, -0.25) is 4.57 Å². The fourth-order valence-electron chi connectivity index (χ4n) is 1.63. The van der Waals surface area contributed by atoms with Gasteiger partial charge in [-0.1, -0.05) is 6.92 Å². The molecule has 1 aliphatic carbocycles. The summed E-state index contributed by atoms with van der Waals surface area (Å²) >= 11 is 11.0. The molecule has 0 amide bonds. The van der Waals surface area contributed by atoms with Crippen molar-refractivity contribution in [1.29, 1.82) is 0 Å². The summed E-state index contributed by atoms with van der Waals surface area (Å²) in [6.45, 7) is 1.86. The van der Waals surface area contributed by atoms with Crippen molar-refractivity contribution in [2.24, 2.45) is 11.8 Å². The van der Waals surface area contributed by atoms with Crippen molar-refractivity contribution < 1.29 is 14.4 Å². The SMILES string of the molecule is CC(C(CN(Cl)Cl)C1CC1)P(=O)(O)O. The Morgan fingerprint density at radius 2 is 2.00 bits per heavy atom. The van der Waals surface area contributed by atoms with Gasteiger partial charge in [-0.05, 0) is 48.2 Å². The highest BCUT2D eigenvalue weighted by Crippen LogP contribution is 2.51. The number of halogens is 2. The molecular formula is C7H14Cl2NO3P. The molecule has 0 aromatic carbocycles. The normalized spacial score (nSPS) is 22.4. The molecule has 0 aromatic rings. The molecule has 2 atom stereocenters. The molecule has 0 bridgehead atoms. The maximum Gasteiger partial charge on any atom is 0.328 e. The van der Waals surface area contributed by atoms with Gasteiger partial charge in [0.05, 0.1) is 5.66 Å². The molecular weight excluding hydrogens is 248 g/mol. The third-order valence-corrected chi connectivity index (χ3v) is 4.45. The predicted molar refractivity (Wildman–Crippen MR) is 56.1 cm³/mol. The second kappa shape index (κ2) is 4.69. The van der Waals surface area contributed by atoms with Crippen LogP contribution in [0, 0.1) is 11.8 Å². The van der Waals surface area contributed by atoms with E-state index in [4.69, 9.17) is 33.3 Å². The van der Waals surface area contributed by atoms with Crippen molar-refractivity contribution >= 4 is 31.1 Å². The molecule has 0 saturated heterocycles. The van der Waals surface area contributed by atoms with Crippen LogP contribution in [0.4, 0.5) is 0 Å². The first-order valence-corrected chi connectivity index (χ1v) is 6.82. The summed E-state index contributed by atoms with van der Waals surface area (Å²) in [5.41, 5.74) is -0.671. The highest BCUT2D eigenvalue weighted by molar-refractivity contribution is 7.52. The number of hydrogen-bond donors (Lipinski definition) is 2. The Kier molecular flexibility index (Phi) is 4.27. The van der Waals surface area contributed by atoms with E-state index in [-0.39, 0.29) is 5.92 Å². The molecule has 4 nitrogen and oxygen atoms in total. The second-order valence-corrected chi connectivity index (χ2v) is 6.80. The molecule has 2 unspecified atom stereocenters. The summed E-state index contributed by atoms with van der Waals surface area (Å²) in [7, 11) is -4.03. The van der Waals surface area contributed by atoms with Gasteiger partial charge >= 0.3 is 7.60 Å². The van der Waals surface area contributed by atoms with Crippen LogP contribution in [0.2, 0.25) is 0 Å². The molecule has 1 saturated carbocycles. The molecule has 0 aliphatic heterocycles. The van der Waals surface area contributed by atoms with Crippen LogP contribution in [0.15, 0.2) is 0 Å². The van der Waals surface area contributed by atoms with Crippen LogP contribution in [0.1, 0.15) is 19.8 Å². The van der Waals surface area contributed by atoms with Crippen molar-refractivity contribution in [3.63, 3.8) is 0 Å². The molecule has 14 heavy (non-hydrogen) atoms. The second-order valence-electron chi connectivity index (χ2n) is 3.82. The van der Waals surface area contributed by atoms with Gasteiger partial charge in [-0.2, -0.15) is 0 Å². The van der Waals surface area contributed by atoms with Crippen molar-refractivity contribution in [2.45, 2.75) is 25.4 Å². The number of hydrogen-bond acceptors (Lipinski definition) is 2. The minimum absolute atomic E-state index is 0.120. The molecule has 0 radical (unpaired) electrons. The largest absolute Gasteiger partial charge is 0.328 e. The zero-order chi connectivity index (χ0) is 10.9. The molecule has 84 valence electrons. The smallest absolute Gasteiger partial charge is 0.324 e. The van der Waals surface area contributed by atoms with Crippen LogP contribution < -0.4 is 0 Å². The van der Waals surface area contributed by atoms with Crippen LogP contribution in [-0.4, -0.2) is 25.9 Å². The zero-order valence-electron chi connectivity index (χ0n) is 7.81. The van der Waals surface area contributed by atoms with Crippen LogP contribution in [-0.2, 0) is 4.57 Å². The van der Waals surface area contributed by atoms with Crippen molar-refractivity contribution in [3.8, 4) is 0 Å². The maximum atomic E-state index is 11.1. The van der Waals surface area contributed by atoms with E-state index in [2.05, 4.69) is 0 Å². The van der Waals surface area contributed by atoms with E-state index in [0.717, 1.165) is 16.8 Å². The first kappa shape index (κ1) is 12.8. The lowest BCUT2D eigenvalue weighted by atomic mass is 10.0. The lowest BCUT2D eigenvalue weighted by Crippen LogP contribution is -2.27. The van der Waals surface area contributed by atoms with E-state index in [0.29, 0.717) is 12.5 Å². The highest BCUT2D eigenvalue weighted by Gasteiger charge is 2.42. The van der Waals surface area contributed by atoms with Crippen molar-refractivity contribution in [3.05, 3.63) is 0 Å². The van der Waals surface area contributed by atoms with Crippen molar-refractivity contribution in [2.75, 3.05) is 6.54 Å². The summed E-state index contributed by atoms with van der Waals surface area (Å²) in [5.74, 6) is 0.239. The lowest BCUT2D eigenvalue weighted by Gasteiger charge is -2.25. The lowest BCUT2D eigenvalue weighted by molar-refractivity contribution is 0.315. The fourth-order valence-corrected chi connectivity index (χ4v) is 2.78. The Morgan fingerprint density at radius 1 is 1.50 bits per heavy atom. The number of rotatable bonds is 5. The van der Waals surface area contributed by atoms with Gasteiger partial charge in [-0.25, -0.2) is 0 Å². The van der Waals surface area contributed by atoms with Gasteiger partial charge in [0.25, 0.3) is 0 Å². The third kappa shape index (κ3) is 3.69. The Labute approximate surface area is 93.6 Å². The summed E-state index contributed by atoms with van der Waals surface area (Å²) in [6, 6.07) is 0. The molecule has 7 heteroatoms. The van der Waals surface area contributed by atoms with Gasteiger partial charge in [0.2, 0.25) is 0 Å². The van der Waals surface area contributed by atoms with Crippen LogP contribution >= 0.6 is 31.1 Å². The maximum absolute atomic E-state index is 11.1. The minimum Gasteiger partial charge on any atom is -0.324 e. The molecule has 0 spiro atoms. The topological polar surface area (TPSA) is 60.8 Å². The Bertz CT molecular complexity index is 241. The summed E-state index contributed by atoms with van der Waals surface area (Å²) in [4.78, 5) is 18.1. The average molecular weight is 262 g/mol. The van der Waals surface area contributed by atoms with Crippen LogP contribution in [0.5, 0.6) is 0 Å². The molecule has 1 aliphatic rings. The molecule has 1 rings (SSSR count). The van der Waals surface area contributed by atoms with Gasteiger partial charge in [0, 0.05) is 6.54 Å². The van der Waals surface area contributed by atoms with Gasteiger partial charge in [0.1, 0.15) is 0 Å². The fraction of sp³-hybridized carbons (Fsp3) is 1.00. The molecule has 0 heterocycles. The minimum atomic E-state index is -4.03. The molecule has 2 N–H and O–H groups in total. The van der Waals surface area contributed by atoms with Crippen LogP contribution in [0.25, 0.3) is 0 Å². The van der Waals surface area contributed by atoms with E-state index in [1.807, 2.05) is 0 Å². The summed E-state index contributed by atoms with van der Waals surface area (Å²) in [6.07, 6.45) is 2.02. The molecule has 0 aromatic heterocycles. The van der Waals surface area contributed by atoms with E-state index in [1.54, 1.807) is 6.92 Å². The Morgan fingerprint density at radius 3 is 2.29 bits per heavy atom. The monoisotopic (exact) mass is 261 g/mol. The van der Waals surface area contributed by atoms with E-state index in [1.165, 1.54) is 0 Å². The summed E-state index contributed by atoms with van der Waals surface area (Å²) in [5, 5.41) is 0.